The van der Waals surface area contributed by atoms with Crippen LogP contribution in [0, 0.1) is 6.92 Å². The van der Waals surface area contributed by atoms with Crippen LogP contribution >= 0.6 is 0 Å². The molecular weight excluding hydrogens is 442 g/mol. The number of fused-ring (bicyclic) bond motifs is 1. The SMILES string of the molecule is CCOc1cccc(N2C(=O)C(=O)/C(=C(/O)c3ccc4c(c3)CC(C)O4)C2c2ccccc2C)c1. The number of ketones is 1. The summed E-state index contributed by atoms with van der Waals surface area (Å²) in [6, 6.07) is 19.3. The van der Waals surface area contributed by atoms with E-state index in [4.69, 9.17) is 9.47 Å². The predicted octanol–water partition coefficient (Wildman–Crippen LogP) is 5.34. The lowest BCUT2D eigenvalue weighted by Crippen LogP contribution is -2.29. The highest BCUT2D eigenvalue weighted by atomic mass is 16.5. The lowest BCUT2D eigenvalue weighted by atomic mass is 9.92. The Kier molecular flexibility index (Phi) is 5.81. The van der Waals surface area contributed by atoms with E-state index in [0.29, 0.717) is 23.6 Å². The molecule has 1 saturated heterocycles. The number of aryl methyl sites for hydroxylation is 1. The number of anilines is 1. The molecule has 0 aromatic heterocycles. The molecule has 0 radical (unpaired) electrons. The summed E-state index contributed by atoms with van der Waals surface area (Å²) in [7, 11) is 0. The molecule has 0 aliphatic carbocycles. The van der Waals surface area contributed by atoms with Gasteiger partial charge in [0, 0.05) is 23.7 Å². The van der Waals surface area contributed by atoms with E-state index in [1.165, 1.54) is 4.90 Å². The van der Waals surface area contributed by atoms with Crippen LogP contribution in [0.25, 0.3) is 5.76 Å². The average Bonchev–Trinajstić information content (AvgIpc) is 3.34. The Bertz CT molecular complexity index is 1360. The highest BCUT2D eigenvalue weighted by Crippen LogP contribution is 2.44. The lowest BCUT2D eigenvalue weighted by molar-refractivity contribution is -0.132. The molecule has 2 atom stereocenters. The van der Waals surface area contributed by atoms with Crippen molar-refractivity contribution in [3.8, 4) is 11.5 Å². The van der Waals surface area contributed by atoms with Gasteiger partial charge in [0.05, 0.1) is 18.2 Å². The summed E-state index contributed by atoms with van der Waals surface area (Å²) in [6.07, 6.45) is 0.772. The molecule has 6 nitrogen and oxygen atoms in total. The molecule has 2 heterocycles. The molecule has 2 aliphatic heterocycles. The summed E-state index contributed by atoms with van der Waals surface area (Å²) < 4.78 is 11.4. The molecule has 1 amide bonds. The van der Waals surface area contributed by atoms with Crippen molar-refractivity contribution in [2.45, 2.75) is 39.3 Å². The molecule has 35 heavy (non-hydrogen) atoms. The van der Waals surface area contributed by atoms with Gasteiger partial charge in [-0.2, -0.15) is 0 Å². The number of Topliss-reactive ketones (excluding diaryl/α,β-unsaturated/α-hetero) is 1. The van der Waals surface area contributed by atoms with Crippen molar-refractivity contribution in [3.63, 3.8) is 0 Å². The Hall–Kier alpha value is -4.06. The molecule has 6 heteroatoms. The summed E-state index contributed by atoms with van der Waals surface area (Å²) in [5.41, 5.74) is 3.73. The lowest BCUT2D eigenvalue weighted by Gasteiger charge is -2.27. The number of benzene rings is 3. The molecule has 5 rings (SSSR count). The van der Waals surface area contributed by atoms with E-state index in [9.17, 15) is 14.7 Å². The third-order valence-corrected chi connectivity index (χ3v) is 6.50. The molecule has 3 aromatic carbocycles. The summed E-state index contributed by atoms with van der Waals surface area (Å²) >= 11 is 0. The third-order valence-electron chi connectivity index (χ3n) is 6.50. The van der Waals surface area contributed by atoms with Gasteiger partial charge in [-0.05, 0) is 67.8 Å². The molecule has 0 spiro atoms. The number of nitrogens with zero attached hydrogens (tertiary/aromatic N) is 1. The van der Waals surface area contributed by atoms with E-state index in [1.54, 1.807) is 36.4 Å². The third kappa shape index (κ3) is 3.95. The zero-order valence-corrected chi connectivity index (χ0v) is 19.9. The second-order valence-electron chi connectivity index (χ2n) is 8.91. The van der Waals surface area contributed by atoms with Gasteiger partial charge in [-0.3, -0.25) is 14.5 Å². The Morgan fingerprint density at radius 3 is 2.66 bits per heavy atom. The highest BCUT2D eigenvalue weighted by Gasteiger charge is 2.47. The van der Waals surface area contributed by atoms with Crippen LogP contribution in [0.4, 0.5) is 5.69 Å². The maximum atomic E-state index is 13.4. The number of aliphatic hydroxyl groups excluding tert-OH is 1. The summed E-state index contributed by atoms with van der Waals surface area (Å²) in [4.78, 5) is 28.3. The number of ether oxygens (including phenoxy) is 2. The first-order chi connectivity index (χ1) is 16.9. The van der Waals surface area contributed by atoms with Crippen molar-refractivity contribution in [2.75, 3.05) is 11.5 Å². The van der Waals surface area contributed by atoms with Crippen molar-refractivity contribution in [1.82, 2.24) is 0 Å². The van der Waals surface area contributed by atoms with Crippen molar-refractivity contribution in [2.24, 2.45) is 0 Å². The number of hydrogen-bond donors (Lipinski definition) is 1. The number of hydrogen-bond acceptors (Lipinski definition) is 5. The number of aliphatic hydroxyl groups is 1. The second kappa shape index (κ2) is 8.95. The van der Waals surface area contributed by atoms with Crippen molar-refractivity contribution >= 4 is 23.1 Å². The van der Waals surface area contributed by atoms with Crippen LogP contribution in [0.15, 0.2) is 72.3 Å². The maximum absolute atomic E-state index is 13.4. The first-order valence-electron chi connectivity index (χ1n) is 11.8. The number of amides is 1. The fourth-order valence-electron chi connectivity index (χ4n) is 4.90. The average molecular weight is 470 g/mol. The molecule has 0 saturated carbocycles. The van der Waals surface area contributed by atoms with Gasteiger partial charge in [0.1, 0.15) is 23.4 Å². The van der Waals surface area contributed by atoms with Gasteiger partial charge >= 0.3 is 0 Å². The van der Waals surface area contributed by atoms with E-state index in [0.717, 1.165) is 28.9 Å². The molecule has 1 N–H and O–H groups in total. The topological polar surface area (TPSA) is 76.1 Å². The zero-order chi connectivity index (χ0) is 24.7. The fraction of sp³-hybridized carbons (Fsp3) is 0.241. The van der Waals surface area contributed by atoms with Crippen LogP contribution in [-0.4, -0.2) is 29.5 Å². The maximum Gasteiger partial charge on any atom is 0.300 e. The van der Waals surface area contributed by atoms with Gasteiger partial charge in [-0.15, -0.1) is 0 Å². The van der Waals surface area contributed by atoms with Gasteiger partial charge in [-0.1, -0.05) is 30.3 Å². The quantitative estimate of drug-likeness (QED) is 0.310. The van der Waals surface area contributed by atoms with Gasteiger partial charge in [0.2, 0.25) is 0 Å². The van der Waals surface area contributed by atoms with Gasteiger partial charge in [0.15, 0.2) is 0 Å². The second-order valence-corrected chi connectivity index (χ2v) is 8.91. The Labute approximate surface area is 204 Å². The van der Waals surface area contributed by atoms with Gasteiger partial charge in [0.25, 0.3) is 11.7 Å². The zero-order valence-electron chi connectivity index (χ0n) is 19.9. The van der Waals surface area contributed by atoms with E-state index in [2.05, 4.69) is 0 Å². The molecule has 2 unspecified atom stereocenters. The molecule has 178 valence electrons. The summed E-state index contributed by atoms with van der Waals surface area (Å²) in [5, 5.41) is 11.4. The fourth-order valence-corrected chi connectivity index (χ4v) is 4.90. The molecule has 1 fully saturated rings. The molecule has 0 bridgehead atoms. The standard InChI is InChI=1S/C29H27NO5/c1-4-34-22-10-7-9-21(16-22)30-26(23-11-6-5-8-17(23)2)25(28(32)29(30)33)27(31)19-12-13-24-20(15-19)14-18(3)35-24/h5-13,15-16,18,26,31H,4,14H2,1-3H3/b27-25+. The van der Waals surface area contributed by atoms with Gasteiger partial charge in [-0.25, -0.2) is 0 Å². The minimum atomic E-state index is -0.781. The Morgan fingerprint density at radius 2 is 1.89 bits per heavy atom. The van der Waals surface area contributed by atoms with Crippen LogP contribution < -0.4 is 14.4 Å². The largest absolute Gasteiger partial charge is 0.507 e. The van der Waals surface area contributed by atoms with E-state index < -0.39 is 17.7 Å². The molecule has 3 aromatic rings. The smallest absolute Gasteiger partial charge is 0.300 e. The Balaban J connectivity index is 1.69. The minimum absolute atomic E-state index is 0.0533. The summed E-state index contributed by atoms with van der Waals surface area (Å²) in [6.45, 7) is 6.28. The highest BCUT2D eigenvalue weighted by molar-refractivity contribution is 6.51. The predicted molar refractivity (Wildman–Crippen MR) is 134 cm³/mol. The molecule has 2 aliphatic rings. The van der Waals surface area contributed by atoms with Crippen molar-refractivity contribution < 1.29 is 24.2 Å². The van der Waals surface area contributed by atoms with E-state index in [1.807, 2.05) is 51.1 Å². The van der Waals surface area contributed by atoms with Crippen LogP contribution in [0.2, 0.25) is 0 Å². The first-order valence-corrected chi connectivity index (χ1v) is 11.8. The van der Waals surface area contributed by atoms with Crippen LogP contribution in [0.1, 0.15) is 42.1 Å². The van der Waals surface area contributed by atoms with Gasteiger partial charge < -0.3 is 14.6 Å². The minimum Gasteiger partial charge on any atom is -0.507 e. The molecular formula is C29H27NO5. The van der Waals surface area contributed by atoms with E-state index >= 15 is 0 Å². The summed E-state index contributed by atoms with van der Waals surface area (Å²) in [5.74, 6) is -0.225. The van der Waals surface area contributed by atoms with Crippen LogP contribution in [0.5, 0.6) is 11.5 Å². The van der Waals surface area contributed by atoms with Crippen molar-refractivity contribution in [1.29, 1.82) is 0 Å². The van der Waals surface area contributed by atoms with E-state index in [-0.39, 0.29) is 17.4 Å². The Morgan fingerprint density at radius 1 is 1.09 bits per heavy atom. The van der Waals surface area contributed by atoms with Crippen LogP contribution in [-0.2, 0) is 16.0 Å². The van der Waals surface area contributed by atoms with Crippen molar-refractivity contribution in [3.05, 3.63) is 94.6 Å². The van der Waals surface area contributed by atoms with Crippen LogP contribution in [0.3, 0.4) is 0 Å². The number of rotatable bonds is 5. The first kappa shape index (κ1) is 22.7. The monoisotopic (exact) mass is 469 g/mol. The number of carbonyl (C=O) groups is 2. The normalized spacial score (nSPS) is 20.6. The number of carbonyl (C=O) groups excluding carboxylic acids is 2.